The van der Waals surface area contributed by atoms with E-state index in [-0.39, 0.29) is 22.8 Å². The van der Waals surface area contributed by atoms with Gasteiger partial charge in [-0.15, -0.1) is 0 Å². The van der Waals surface area contributed by atoms with E-state index in [1.807, 2.05) is 20.8 Å². The molecule has 4 N–H and O–H groups in total. The summed E-state index contributed by atoms with van der Waals surface area (Å²) in [6.07, 6.45) is -0.711. The lowest BCUT2D eigenvalue weighted by Gasteiger charge is -2.22. The van der Waals surface area contributed by atoms with Gasteiger partial charge in [-0.2, -0.15) is 0 Å². The lowest BCUT2D eigenvalue weighted by atomic mass is 10.1. The van der Waals surface area contributed by atoms with Gasteiger partial charge < -0.3 is 19.6 Å². The van der Waals surface area contributed by atoms with Crippen molar-refractivity contribution in [2.75, 3.05) is 13.2 Å². The van der Waals surface area contributed by atoms with Crippen LogP contribution in [0.3, 0.4) is 0 Å². The number of furan rings is 1. The molecular formula is C15H22N2O5S. The van der Waals surface area contributed by atoms with E-state index in [0.717, 1.165) is 0 Å². The highest BCUT2D eigenvalue weighted by Gasteiger charge is 2.18. The molecule has 2 aromatic rings. The van der Waals surface area contributed by atoms with Gasteiger partial charge in [-0.05, 0) is 26.8 Å². The van der Waals surface area contributed by atoms with Crippen molar-refractivity contribution in [3.05, 3.63) is 24.3 Å². The van der Waals surface area contributed by atoms with E-state index in [0.29, 0.717) is 17.7 Å². The van der Waals surface area contributed by atoms with Crippen LogP contribution >= 0.6 is 0 Å². The van der Waals surface area contributed by atoms with Crippen LogP contribution in [0.5, 0.6) is 5.75 Å². The standard InChI is InChI=1S/C15H22N2O5S/c1-15(2,3)17-8-11(18)9-21-12-6-4-5-10-7-13(22-14(10)12)23(16,19)20/h4-7,11,17-18H,8-9H2,1-3H3,(H2,16,19,20). The van der Waals surface area contributed by atoms with Crippen molar-refractivity contribution < 1.29 is 22.7 Å². The van der Waals surface area contributed by atoms with Crippen molar-refractivity contribution in [3.8, 4) is 5.75 Å². The molecule has 0 aliphatic heterocycles. The number of rotatable bonds is 6. The monoisotopic (exact) mass is 342 g/mol. The van der Waals surface area contributed by atoms with Gasteiger partial charge in [0.15, 0.2) is 11.3 Å². The fourth-order valence-corrected chi connectivity index (χ4v) is 2.43. The highest BCUT2D eigenvalue weighted by molar-refractivity contribution is 7.89. The Balaban J connectivity index is 2.10. The van der Waals surface area contributed by atoms with Crippen LogP contribution in [0.15, 0.2) is 33.8 Å². The first-order valence-corrected chi connectivity index (χ1v) is 8.72. The number of para-hydroxylation sites is 1. The number of fused-ring (bicyclic) bond motifs is 1. The lowest BCUT2D eigenvalue weighted by Crippen LogP contribution is -2.42. The second-order valence-electron chi connectivity index (χ2n) is 6.38. The second kappa shape index (κ2) is 6.48. The van der Waals surface area contributed by atoms with E-state index in [1.165, 1.54) is 6.07 Å². The van der Waals surface area contributed by atoms with Crippen molar-refractivity contribution in [3.63, 3.8) is 0 Å². The Bertz CT molecular complexity index is 777. The largest absolute Gasteiger partial charge is 0.487 e. The molecule has 1 atom stereocenters. The van der Waals surface area contributed by atoms with E-state index in [9.17, 15) is 13.5 Å². The Labute approximate surface area is 135 Å². The summed E-state index contributed by atoms with van der Waals surface area (Å²) in [6.45, 7) is 6.42. The maximum atomic E-state index is 11.4. The lowest BCUT2D eigenvalue weighted by molar-refractivity contribution is 0.100. The van der Waals surface area contributed by atoms with Crippen LogP contribution in [0.4, 0.5) is 0 Å². The quantitative estimate of drug-likeness (QED) is 0.727. The van der Waals surface area contributed by atoms with E-state index in [4.69, 9.17) is 14.3 Å². The molecule has 1 aromatic heterocycles. The minimum absolute atomic E-state index is 0.0492. The first-order chi connectivity index (χ1) is 10.6. The first-order valence-electron chi connectivity index (χ1n) is 7.17. The predicted octanol–water partition coefficient (Wildman–Crippen LogP) is 1.21. The van der Waals surface area contributed by atoms with E-state index in [2.05, 4.69) is 5.32 Å². The van der Waals surface area contributed by atoms with Crippen LogP contribution in [-0.2, 0) is 10.0 Å². The van der Waals surface area contributed by atoms with Gasteiger partial charge in [0.2, 0.25) is 5.09 Å². The maximum absolute atomic E-state index is 11.4. The molecule has 23 heavy (non-hydrogen) atoms. The molecule has 0 aliphatic carbocycles. The maximum Gasteiger partial charge on any atom is 0.271 e. The predicted molar refractivity (Wildman–Crippen MR) is 86.8 cm³/mol. The highest BCUT2D eigenvalue weighted by atomic mass is 32.2. The molecule has 0 aliphatic rings. The topological polar surface area (TPSA) is 115 Å². The molecule has 8 heteroatoms. The fourth-order valence-electron chi connectivity index (χ4n) is 1.94. The second-order valence-corrected chi connectivity index (χ2v) is 7.87. The van der Waals surface area contributed by atoms with Crippen molar-refractivity contribution in [2.45, 2.75) is 37.5 Å². The Morgan fingerprint density at radius 3 is 2.70 bits per heavy atom. The van der Waals surface area contributed by atoms with Crippen molar-refractivity contribution in [2.24, 2.45) is 5.14 Å². The third kappa shape index (κ3) is 4.93. The summed E-state index contributed by atoms with van der Waals surface area (Å²) >= 11 is 0. The minimum atomic E-state index is -3.92. The summed E-state index contributed by atoms with van der Waals surface area (Å²) in [5.74, 6) is 0.354. The van der Waals surface area contributed by atoms with Crippen LogP contribution < -0.4 is 15.2 Å². The van der Waals surface area contributed by atoms with Gasteiger partial charge in [0.1, 0.15) is 12.7 Å². The van der Waals surface area contributed by atoms with Gasteiger partial charge in [0, 0.05) is 23.5 Å². The Morgan fingerprint density at radius 1 is 1.39 bits per heavy atom. The zero-order chi connectivity index (χ0) is 17.3. The zero-order valence-electron chi connectivity index (χ0n) is 13.4. The minimum Gasteiger partial charge on any atom is -0.487 e. The van der Waals surface area contributed by atoms with Crippen molar-refractivity contribution >= 4 is 21.0 Å². The number of β-amino-alcohol motifs (C(OH)–C–C–N with tert-alkyl or cyclic N) is 1. The third-order valence-corrected chi connectivity index (χ3v) is 3.83. The molecule has 1 aromatic carbocycles. The van der Waals surface area contributed by atoms with E-state index >= 15 is 0 Å². The highest BCUT2D eigenvalue weighted by Crippen LogP contribution is 2.30. The SMILES string of the molecule is CC(C)(C)NCC(O)COc1cccc2cc(S(N)(=O)=O)oc12. The molecule has 1 unspecified atom stereocenters. The molecule has 0 amide bonds. The Morgan fingerprint density at radius 2 is 2.09 bits per heavy atom. The van der Waals surface area contributed by atoms with E-state index in [1.54, 1.807) is 18.2 Å². The fraction of sp³-hybridized carbons (Fsp3) is 0.467. The van der Waals surface area contributed by atoms with Crippen LogP contribution in [-0.4, -0.2) is 38.3 Å². The number of nitrogens with two attached hydrogens (primary N) is 1. The number of nitrogens with one attached hydrogen (secondary N) is 1. The molecule has 128 valence electrons. The van der Waals surface area contributed by atoms with Gasteiger partial charge >= 0.3 is 0 Å². The van der Waals surface area contributed by atoms with Crippen molar-refractivity contribution in [1.29, 1.82) is 0 Å². The number of benzene rings is 1. The Hall–Kier alpha value is -1.61. The van der Waals surface area contributed by atoms with Gasteiger partial charge in [0.05, 0.1) is 0 Å². The van der Waals surface area contributed by atoms with Crippen LogP contribution in [0.2, 0.25) is 0 Å². The summed E-state index contributed by atoms with van der Waals surface area (Å²) in [6, 6.07) is 6.38. The zero-order valence-corrected chi connectivity index (χ0v) is 14.2. The third-order valence-electron chi connectivity index (χ3n) is 3.07. The van der Waals surface area contributed by atoms with Crippen LogP contribution in [0.1, 0.15) is 20.8 Å². The number of sulfonamides is 1. The Kier molecular flexibility index (Phi) is 5.00. The number of primary sulfonamides is 1. The van der Waals surface area contributed by atoms with Gasteiger partial charge in [-0.25, -0.2) is 13.6 Å². The van der Waals surface area contributed by atoms with Crippen LogP contribution in [0, 0.1) is 0 Å². The first kappa shape index (κ1) is 17.7. The average Bonchev–Trinajstić information content (AvgIpc) is 2.86. The molecule has 1 heterocycles. The molecule has 7 nitrogen and oxygen atoms in total. The molecular weight excluding hydrogens is 320 g/mol. The number of hydrogen-bond donors (Lipinski definition) is 3. The summed E-state index contributed by atoms with van der Waals surface area (Å²) in [5.41, 5.74) is 0.180. The van der Waals surface area contributed by atoms with Gasteiger partial charge in [-0.3, -0.25) is 0 Å². The van der Waals surface area contributed by atoms with Crippen LogP contribution in [0.25, 0.3) is 11.0 Å². The summed E-state index contributed by atoms with van der Waals surface area (Å²) in [4.78, 5) is 0. The van der Waals surface area contributed by atoms with E-state index < -0.39 is 16.1 Å². The molecule has 0 bridgehead atoms. The molecule has 0 fully saturated rings. The number of ether oxygens (including phenoxy) is 1. The normalized spacial score (nSPS) is 14.1. The summed E-state index contributed by atoms with van der Waals surface area (Å²) < 4.78 is 33.5. The van der Waals surface area contributed by atoms with Gasteiger partial charge in [0.25, 0.3) is 10.0 Å². The number of aliphatic hydroxyl groups is 1. The smallest absolute Gasteiger partial charge is 0.271 e. The molecule has 0 saturated carbocycles. The molecule has 2 rings (SSSR count). The number of aliphatic hydroxyl groups excluding tert-OH is 1. The molecule has 0 radical (unpaired) electrons. The average molecular weight is 342 g/mol. The summed E-state index contributed by atoms with van der Waals surface area (Å²) in [5, 5.41) is 18.4. The summed E-state index contributed by atoms with van der Waals surface area (Å²) in [7, 11) is -3.92. The van der Waals surface area contributed by atoms with Crippen molar-refractivity contribution in [1.82, 2.24) is 5.32 Å². The molecule has 0 saturated heterocycles. The van der Waals surface area contributed by atoms with Gasteiger partial charge in [-0.1, -0.05) is 12.1 Å². The number of hydrogen-bond acceptors (Lipinski definition) is 6. The molecule has 0 spiro atoms.